The van der Waals surface area contributed by atoms with Crippen LogP contribution in [0.15, 0.2) is 24.3 Å². The van der Waals surface area contributed by atoms with Crippen molar-refractivity contribution in [3.05, 3.63) is 29.8 Å². The van der Waals surface area contributed by atoms with Gasteiger partial charge in [-0.05, 0) is 31.4 Å². The van der Waals surface area contributed by atoms with Crippen LogP contribution >= 0.6 is 0 Å². The molecule has 1 aliphatic carbocycles. The Balaban J connectivity index is 2.02. The fourth-order valence-corrected chi connectivity index (χ4v) is 2.83. The molecule has 1 aromatic carbocycles. The Morgan fingerprint density at radius 3 is 2.48 bits per heavy atom. The van der Waals surface area contributed by atoms with Crippen LogP contribution in [0, 0.1) is 0 Å². The van der Waals surface area contributed by atoms with Crippen molar-refractivity contribution in [2.24, 2.45) is 0 Å². The summed E-state index contributed by atoms with van der Waals surface area (Å²) in [5.74, 6) is -1.97. The van der Waals surface area contributed by atoms with E-state index in [-0.39, 0.29) is 24.2 Å². The van der Waals surface area contributed by atoms with E-state index in [4.69, 9.17) is 5.11 Å². The number of aliphatic hydroxyl groups is 1. The predicted molar refractivity (Wildman–Crippen MR) is 94.1 cm³/mol. The van der Waals surface area contributed by atoms with Gasteiger partial charge in [0.2, 0.25) is 0 Å². The monoisotopic (exact) mass is 347 g/mol. The zero-order valence-electron chi connectivity index (χ0n) is 14.4. The summed E-state index contributed by atoms with van der Waals surface area (Å²) < 4.78 is 0. The molecule has 0 heterocycles. The van der Waals surface area contributed by atoms with Gasteiger partial charge < -0.3 is 21.1 Å². The number of hydrogen-bond donors (Lipinski definition) is 4. The lowest BCUT2D eigenvalue weighted by Gasteiger charge is -2.16. The second kappa shape index (κ2) is 9.17. The first kappa shape index (κ1) is 18.9. The van der Waals surface area contributed by atoms with E-state index >= 15 is 0 Å². The van der Waals surface area contributed by atoms with Crippen molar-refractivity contribution in [1.82, 2.24) is 10.6 Å². The van der Waals surface area contributed by atoms with Gasteiger partial charge in [0.1, 0.15) is 0 Å². The highest BCUT2D eigenvalue weighted by atomic mass is 16.3. The van der Waals surface area contributed by atoms with Gasteiger partial charge in [-0.25, -0.2) is 0 Å². The first-order valence-corrected chi connectivity index (χ1v) is 8.67. The summed E-state index contributed by atoms with van der Waals surface area (Å²) in [6.45, 7) is 1.55. The second-order valence-electron chi connectivity index (χ2n) is 6.22. The topological polar surface area (TPSA) is 108 Å². The SMILES string of the molecule is CC[C@H](CO)NC(=O)C(=O)Nc1ccccc1C(=O)NC1CCCC1. The van der Waals surface area contributed by atoms with Gasteiger partial charge in [-0.3, -0.25) is 14.4 Å². The van der Waals surface area contributed by atoms with Crippen LogP contribution in [0.2, 0.25) is 0 Å². The molecule has 1 saturated carbocycles. The highest BCUT2D eigenvalue weighted by Gasteiger charge is 2.22. The molecule has 1 aromatic rings. The summed E-state index contributed by atoms with van der Waals surface area (Å²) in [4.78, 5) is 36.4. The Morgan fingerprint density at radius 1 is 1.16 bits per heavy atom. The third kappa shape index (κ3) is 5.29. The molecule has 7 nitrogen and oxygen atoms in total. The molecule has 0 radical (unpaired) electrons. The summed E-state index contributed by atoms with van der Waals surface area (Å²) in [5.41, 5.74) is 0.611. The number of amides is 3. The average molecular weight is 347 g/mol. The van der Waals surface area contributed by atoms with Crippen LogP contribution in [-0.4, -0.2) is 41.5 Å². The third-order valence-electron chi connectivity index (χ3n) is 4.36. The van der Waals surface area contributed by atoms with Gasteiger partial charge >= 0.3 is 11.8 Å². The summed E-state index contributed by atoms with van der Waals surface area (Å²) in [5, 5.41) is 17.0. The lowest BCUT2D eigenvalue weighted by Crippen LogP contribution is -2.43. The molecule has 0 unspecified atom stereocenters. The zero-order valence-corrected chi connectivity index (χ0v) is 14.4. The molecule has 136 valence electrons. The smallest absolute Gasteiger partial charge is 0.313 e. The minimum absolute atomic E-state index is 0.162. The van der Waals surface area contributed by atoms with Crippen LogP contribution in [0.25, 0.3) is 0 Å². The molecule has 2 rings (SSSR count). The van der Waals surface area contributed by atoms with Crippen LogP contribution in [-0.2, 0) is 9.59 Å². The Labute approximate surface area is 147 Å². The largest absolute Gasteiger partial charge is 0.394 e. The number of carbonyl (C=O) groups excluding carboxylic acids is 3. The fourth-order valence-electron chi connectivity index (χ4n) is 2.83. The molecule has 4 N–H and O–H groups in total. The molecule has 0 aliphatic heterocycles. The van der Waals surface area contributed by atoms with E-state index in [1.54, 1.807) is 31.2 Å². The number of nitrogens with one attached hydrogen (secondary N) is 3. The summed E-state index contributed by atoms with van der Waals surface area (Å²) in [6, 6.07) is 6.27. The highest BCUT2D eigenvalue weighted by molar-refractivity contribution is 6.40. The van der Waals surface area contributed by atoms with Crippen molar-refractivity contribution >= 4 is 23.4 Å². The van der Waals surface area contributed by atoms with Gasteiger partial charge in [0, 0.05) is 6.04 Å². The molecule has 0 spiro atoms. The molecule has 0 saturated heterocycles. The van der Waals surface area contributed by atoms with Gasteiger partial charge in [0.05, 0.1) is 23.9 Å². The predicted octanol–water partition coefficient (Wildman–Crippen LogP) is 1.18. The first-order chi connectivity index (χ1) is 12.0. The molecule has 3 amide bonds. The van der Waals surface area contributed by atoms with Crippen molar-refractivity contribution in [3.8, 4) is 0 Å². The van der Waals surface area contributed by atoms with Crippen LogP contribution < -0.4 is 16.0 Å². The van der Waals surface area contributed by atoms with Gasteiger partial charge in [0.25, 0.3) is 5.91 Å². The molecular weight excluding hydrogens is 322 g/mol. The quantitative estimate of drug-likeness (QED) is 0.580. The maximum absolute atomic E-state index is 12.4. The lowest BCUT2D eigenvalue weighted by atomic mass is 10.1. The van der Waals surface area contributed by atoms with Crippen LogP contribution in [0.1, 0.15) is 49.4 Å². The van der Waals surface area contributed by atoms with Crippen molar-refractivity contribution in [1.29, 1.82) is 0 Å². The minimum atomic E-state index is -0.868. The van der Waals surface area contributed by atoms with E-state index in [0.29, 0.717) is 12.0 Å². The Hall–Kier alpha value is -2.41. The summed E-state index contributed by atoms with van der Waals surface area (Å²) in [6.07, 6.45) is 4.64. The van der Waals surface area contributed by atoms with Crippen molar-refractivity contribution in [3.63, 3.8) is 0 Å². The van der Waals surface area contributed by atoms with Gasteiger partial charge in [0.15, 0.2) is 0 Å². The Morgan fingerprint density at radius 2 is 1.84 bits per heavy atom. The molecule has 0 aromatic heterocycles. The maximum Gasteiger partial charge on any atom is 0.313 e. The second-order valence-corrected chi connectivity index (χ2v) is 6.22. The van der Waals surface area contributed by atoms with Crippen molar-refractivity contribution < 1.29 is 19.5 Å². The average Bonchev–Trinajstić information content (AvgIpc) is 3.12. The Bertz CT molecular complexity index is 623. The number of hydrogen-bond acceptors (Lipinski definition) is 4. The van der Waals surface area contributed by atoms with E-state index in [0.717, 1.165) is 25.7 Å². The molecule has 0 bridgehead atoms. The number of anilines is 1. The first-order valence-electron chi connectivity index (χ1n) is 8.67. The standard InChI is InChI=1S/C18H25N3O4/c1-2-12(11-22)19-17(24)18(25)21-15-10-6-5-9-14(15)16(23)20-13-7-3-4-8-13/h5-6,9-10,12-13,22H,2-4,7-8,11H2,1H3,(H,19,24)(H,20,23)(H,21,25)/t12-/m1/s1. The van der Waals surface area contributed by atoms with Gasteiger partial charge in [-0.2, -0.15) is 0 Å². The number of rotatable bonds is 6. The maximum atomic E-state index is 12.4. The minimum Gasteiger partial charge on any atom is -0.394 e. The third-order valence-corrected chi connectivity index (χ3v) is 4.36. The Kier molecular flexibility index (Phi) is 6.94. The number of benzene rings is 1. The van der Waals surface area contributed by atoms with Gasteiger partial charge in [-0.15, -0.1) is 0 Å². The van der Waals surface area contributed by atoms with E-state index < -0.39 is 17.9 Å². The van der Waals surface area contributed by atoms with Crippen LogP contribution in [0.5, 0.6) is 0 Å². The van der Waals surface area contributed by atoms with Crippen LogP contribution in [0.3, 0.4) is 0 Å². The van der Waals surface area contributed by atoms with Crippen molar-refractivity contribution in [2.75, 3.05) is 11.9 Å². The van der Waals surface area contributed by atoms with E-state index in [1.165, 1.54) is 0 Å². The summed E-state index contributed by atoms with van der Waals surface area (Å²) in [7, 11) is 0. The zero-order chi connectivity index (χ0) is 18.2. The van der Waals surface area contributed by atoms with E-state index in [1.807, 2.05) is 0 Å². The highest BCUT2D eigenvalue weighted by Crippen LogP contribution is 2.20. The van der Waals surface area contributed by atoms with Crippen molar-refractivity contribution in [2.45, 2.75) is 51.1 Å². The normalized spacial score (nSPS) is 15.4. The van der Waals surface area contributed by atoms with Gasteiger partial charge in [-0.1, -0.05) is 31.9 Å². The van der Waals surface area contributed by atoms with Crippen LogP contribution in [0.4, 0.5) is 5.69 Å². The number of aliphatic hydroxyl groups excluding tert-OH is 1. The van der Waals surface area contributed by atoms with E-state index in [9.17, 15) is 14.4 Å². The molecule has 7 heteroatoms. The molecule has 1 aliphatic rings. The van der Waals surface area contributed by atoms with E-state index in [2.05, 4.69) is 16.0 Å². The lowest BCUT2D eigenvalue weighted by molar-refractivity contribution is -0.136. The molecule has 25 heavy (non-hydrogen) atoms. The summed E-state index contributed by atoms with van der Waals surface area (Å²) >= 11 is 0. The number of carbonyl (C=O) groups is 3. The molecule has 1 fully saturated rings. The number of para-hydroxylation sites is 1. The molecule has 1 atom stereocenters. The fraction of sp³-hybridized carbons (Fsp3) is 0.500. The molecular formula is C18H25N3O4.